The van der Waals surface area contributed by atoms with E-state index in [4.69, 9.17) is 11.6 Å². The molecular formula is C14H16ClN5O2. The van der Waals surface area contributed by atoms with E-state index in [0.717, 1.165) is 5.56 Å². The van der Waals surface area contributed by atoms with Crippen molar-refractivity contribution in [1.82, 2.24) is 15.0 Å². The molecule has 2 N–H and O–H groups in total. The van der Waals surface area contributed by atoms with Gasteiger partial charge in [-0.15, -0.1) is 5.10 Å². The van der Waals surface area contributed by atoms with E-state index in [0.29, 0.717) is 22.9 Å². The van der Waals surface area contributed by atoms with Crippen molar-refractivity contribution in [1.29, 1.82) is 0 Å². The molecule has 116 valence electrons. The lowest BCUT2D eigenvalue weighted by Gasteiger charge is -2.08. The maximum absolute atomic E-state index is 12.0. The fourth-order valence-corrected chi connectivity index (χ4v) is 1.90. The van der Waals surface area contributed by atoms with Crippen LogP contribution in [0.4, 0.5) is 11.5 Å². The Kier molecular flexibility index (Phi) is 5.11. The second kappa shape index (κ2) is 7.04. The summed E-state index contributed by atoms with van der Waals surface area (Å²) in [5.74, 6) is -0.103. The van der Waals surface area contributed by atoms with Gasteiger partial charge in [0.15, 0.2) is 5.82 Å². The molecule has 0 radical (unpaired) electrons. The van der Waals surface area contributed by atoms with Gasteiger partial charge in [0, 0.05) is 17.1 Å². The molecule has 2 amide bonds. The molecule has 1 heterocycles. The van der Waals surface area contributed by atoms with Crippen molar-refractivity contribution in [2.45, 2.75) is 26.8 Å². The molecule has 8 heteroatoms. The molecule has 2 aromatic rings. The lowest BCUT2D eigenvalue weighted by atomic mass is 10.2. The minimum absolute atomic E-state index is 0.0129. The van der Waals surface area contributed by atoms with Gasteiger partial charge in [0.2, 0.25) is 11.8 Å². The quantitative estimate of drug-likeness (QED) is 0.883. The smallest absolute Gasteiger partial charge is 0.246 e. The van der Waals surface area contributed by atoms with Crippen LogP contribution in [0.5, 0.6) is 0 Å². The Morgan fingerprint density at radius 2 is 2.05 bits per heavy atom. The molecule has 0 aliphatic heterocycles. The molecular weight excluding hydrogens is 306 g/mol. The minimum atomic E-state index is -0.261. The number of rotatable bonds is 5. The Labute approximate surface area is 132 Å². The number of carbonyl (C=O) groups is 2. The summed E-state index contributed by atoms with van der Waals surface area (Å²) in [6.07, 6.45) is 1.85. The van der Waals surface area contributed by atoms with Gasteiger partial charge in [-0.3, -0.25) is 9.59 Å². The molecule has 0 saturated heterocycles. The Bertz CT molecular complexity index is 698. The summed E-state index contributed by atoms with van der Waals surface area (Å²) >= 11 is 5.91. The van der Waals surface area contributed by atoms with Gasteiger partial charge in [-0.25, -0.2) is 4.68 Å². The van der Waals surface area contributed by atoms with Crippen LogP contribution in [0.15, 0.2) is 24.4 Å². The third-order valence-electron chi connectivity index (χ3n) is 2.91. The highest BCUT2D eigenvalue weighted by Gasteiger charge is 2.09. The summed E-state index contributed by atoms with van der Waals surface area (Å²) in [5, 5.41) is 13.4. The van der Waals surface area contributed by atoms with Crippen LogP contribution in [0.25, 0.3) is 0 Å². The van der Waals surface area contributed by atoms with E-state index in [-0.39, 0.29) is 18.4 Å². The van der Waals surface area contributed by atoms with Crippen molar-refractivity contribution in [3.05, 3.63) is 35.0 Å². The van der Waals surface area contributed by atoms with Crippen molar-refractivity contribution < 1.29 is 9.59 Å². The largest absolute Gasteiger partial charge is 0.324 e. The monoisotopic (exact) mass is 321 g/mol. The Morgan fingerprint density at radius 3 is 2.77 bits per heavy atom. The second-order valence-electron chi connectivity index (χ2n) is 4.71. The van der Waals surface area contributed by atoms with Crippen molar-refractivity contribution in [2.75, 3.05) is 10.6 Å². The zero-order valence-electron chi connectivity index (χ0n) is 12.3. The van der Waals surface area contributed by atoms with E-state index in [1.54, 1.807) is 19.1 Å². The van der Waals surface area contributed by atoms with Gasteiger partial charge in [-0.2, -0.15) is 0 Å². The number of nitrogens with one attached hydrogen (secondary N) is 2. The molecule has 7 nitrogen and oxygen atoms in total. The van der Waals surface area contributed by atoms with Crippen LogP contribution in [-0.4, -0.2) is 26.8 Å². The number of hydrogen-bond acceptors (Lipinski definition) is 4. The number of benzene rings is 1. The zero-order valence-corrected chi connectivity index (χ0v) is 13.0. The number of amides is 2. The molecule has 1 aromatic carbocycles. The third-order valence-corrected chi connectivity index (χ3v) is 3.14. The lowest BCUT2D eigenvalue weighted by molar-refractivity contribution is -0.117. The van der Waals surface area contributed by atoms with Gasteiger partial charge < -0.3 is 10.6 Å². The van der Waals surface area contributed by atoms with Gasteiger partial charge in [-0.1, -0.05) is 29.8 Å². The predicted molar refractivity (Wildman–Crippen MR) is 83.8 cm³/mol. The number of hydrogen-bond donors (Lipinski definition) is 2. The van der Waals surface area contributed by atoms with Crippen LogP contribution in [0.2, 0.25) is 5.02 Å². The summed E-state index contributed by atoms with van der Waals surface area (Å²) in [7, 11) is 0. The number of anilines is 2. The Hall–Kier alpha value is -2.41. The van der Waals surface area contributed by atoms with Crippen LogP contribution in [-0.2, 0) is 16.1 Å². The van der Waals surface area contributed by atoms with Crippen LogP contribution < -0.4 is 10.6 Å². The minimum Gasteiger partial charge on any atom is -0.324 e. The maximum atomic E-state index is 12.0. The van der Waals surface area contributed by atoms with Gasteiger partial charge in [0.1, 0.15) is 6.54 Å². The molecule has 0 saturated carbocycles. The van der Waals surface area contributed by atoms with Crippen LogP contribution in [0.3, 0.4) is 0 Å². The van der Waals surface area contributed by atoms with Gasteiger partial charge >= 0.3 is 0 Å². The van der Waals surface area contributed by atoms with Crippen molar-refractivity contribution in [2.24, 2.45) is 0 Å². The third kappa shape index (κ3) is 4.29. The van der Waals surface area contributed by atoms with E-state index < -0.39 is 0 Å². The first kappa shape index (κ1) is 16.0. The predicted octanol–water partition coefficient (Wildman–Crippen LogP) is 2.23. The fourth-order valence-electron chi connectivity index (χ4n) is 1.73. The topological polar surface area (TPSA) is 88.9 Å². The van der Waals surface area contributed by atoms with Crippen molar-refractivity contribution in [3.63, 3.8) is 0 Å². The average molecular weight is 322 g/mol. The summed E-state index contributed by atoms with van der Waals surface area (Å²) in [4.78, 5) is 23.2. The van der Waals surface area contributed by atoms with E-state index in [1.807, 2.05) is 13.0 Å². The number of nitrogens with zero attached hydrogens (tertiary/aromatic N) is 3. The summed E-state index contributed by atoms with van der Waals surface area (Å²) < 4.78 is 1.35. The van der Waals surface area contributed by atoms with E-state index in [2.05, 4.69) is 20.9 Å². The first-order chi connectivity index (χ1) is 10.5. The highest BCUT2D eigenvalue weighted by Crippen LogP contribution is 2.20. The molecule has 22 heavy (non-hydrogen) atoms. The summed E-state index contributed by atoms with van der Waals surface area (Å²) in [5.41, 5.74) is 1.56. The van der Waals surface area contributed by atoms with E-state index in [1.165, 1.54) is 10.9 Å². The van der Waals surface area contributed by atoms with Gasteiger partial charge in [0.25, 0.3) is 0 Å². The summed E-state index contributed by atoms with van der Waals surface area (Å²) in [6, 6.07) is 5.27. The first-order valence-corrected chi connectivity index (χ1v) is 7.11. The van der Waals surface area contributed by atoms with Crippen molar-refractivity contribution in [3.8, 4) is 0 Å². The molecule has 0 spiro atoms. The SMILES string of the molecule is CCC(=O)Nc1cn(CC(=O)Nc2cc(Cl)ccc2C)nn1. The number of aryl methyl sites for hydroxylation is 1. The Balaban J connectivity index is 1.97. The number of halogens is 1. The van der Waals surface area contributed by atoms with Gasteiger partial charge in [-0.05, 0) is 24.6 Å². The van der Waals surface area contributed by atoms with Crippen LogP contribution >= 0.6 is 11.6 Å². The van der Waals surface area contributed by atoms with E-state index >= 15 is 0 Å². The molecule has 0 aliphatic carbocycles. The highest BCUT2D eigenvalue weighted by molar-refractivity contribution is 6.31. The standard InChI is InChI=1S/C14H16ClN5O2/c1-3-13(21)17-12-7-20(19-18-12)8-14(22)16-11-6-10(15)5-4-9(11)2/h4-7H,3,8H2,1-2H3,(H,16,22)(H,17,21). The van der Waals surface area contributed by atoms with Gasteiger partial charge in [0.05, 0.1) is 6.20 Å². The number of aromatic nitrogens is 3. The van der Waals surface area contributed by atoms with Crippen molar-refractivity contribution >= 4 is 34.9 Å². The lowest BCUT2D eigenvalue weighted by Crippen LogP contribution is -2.19. The van der Waals surface area contributed by atoms with Crippen LogP contribution in [0.1, 0.15) is 18.9 Å². The molecule has 0 bridgehead atoms. The van der Waals surface area contributed by atoms with E-state index in [9.17, 15) is 9.59 Å². The first-order valence-electron chi connectivity index (χ1n) is 6.74. The second-order valence-corrected chi connectivity index (χ2v) is 5.15. The summed E-state index contributed by atoms with van der Waals surface area (Å²) in [6.45, 7) is 3.60. The molecule has 1 aromatic heterocycles. The highest BCUT2D eigenvalue weighted by atomic mass is 35.5. The van der Waals surface area contributed by atoms with Crippen LogP contribution in [0, 0.1) is 6.92 Å². The zero-order chi connectivity index (χ0) is 16.1. The molecule has 0 unspecified atom stereocenters. The molecule has 0 atom stereocenters. The normalized spacial score (nSPS) is 10.3. The number of carbonyl (C=O) groups excluding carboxylic acids is 2. The Morgan fingerprint density at radius 1 is 1.27 bits per heavy atom. The molecule has 2 rings (SSSR count). The maximum Gasteiger partial charge on any atom is 0.246 e. The molecule has 0 aliphatic rings. The average Bonchev–Trinajstić information content (AvgIpc) is 2.89. The fraction of sp³-hybridized carbons (Fsp3) is 0.286. The molecule has 0 fully saturated rings.